The van der Waals surface area contributed by atoms with Crippen molar-refractivity contribution in [1.29, 1.82) is 0 Å². The number of likely N-dealkylation sites (N-methyl/N-ethyl adjacent to an activating group) is 6. The molecule has 2 aliphatic carbocycles. The van der Waals surface area contributed by atoms with E-state index in [2.05, 4.69) is 27.8 Å². The van der Waals surface area contributed by atoms with Crippen molar-refractivity contribution in [1.82, 2.24) is 55.6 Å². The Kier molecular flexibility index (Phi) is 28.9. The number of alkyl halides is 4. The Hall–Kier alpha value is -6.01. The number of carbonyl (C=O) groups excluding carboxylic acids is 11. The second-order valence-corrected chi connectivity index (χ2v) is 27.7. The molecule has 0 aromatic carbocycles. The molecule has 12 atom stereocenters. The first-order chi connectivity index (χ1) is 42.0. The Bertz CT molecular complexity index is 2560. The van der Waals surface area contributed by atoms with E-state index in [1.807, 2.05) is 20.8 Å². The predicted molar refractivity (Wildman–Crippen MR) is 335 cm³/mol. The monoisotopic (exact) mass is 1300 g/mol. The van der Waals surface area contributed by atoms with Crippen molar-refractivity contribution < 1.29 is 65.9 Å². The van der Waals surface area contributed by atoms with E-state index in [1.165, 1.54) is 74.9 Å². The summed E-state index contributed by atoms with van der Waals surface area (Å²) in [6.07, 6.45) is 2.36. The van der Waals surface area contributed by atoms with Gasteiger partial charge in [0.25, 0.3) is 0 Å². The minimum Gasteiger partial charge on any atom is -0.351 e. The minimum atomic E-state index is -4.50. The molecule has 0 bridgehead atoms. The van der Waals surface area contributed by atoms with Gasteiger partial charge >= 0.3 is 6.18 Å². The largest absolute Gasteiger partial charge is 0.393 e. The van der Waals surface area contributed by atoms with Crippen LogP contribution in [0.4, 0.5) is 13.2 Å². The van der Waals surface area contributed by atoms with Crippen molar-refractivity contribution in [3.05, 3.63) is 12.7 Å². The number of amides is 11. The van der Waals surface area contributed by atoms with Gasteiger partial charge < -0.3 is 55.6 Å². The van der Waals surface area contributed by atoms with Crippen LogP contribution >= 0.6 is 11.6 Å². The fourth-order valence-electron chi connectivity index (χ4n) is 13.2. The first kappa shape index (κ1) is 76.4. The Morgan fingerprint density at radius 2 is 1.28 bits per heavy atom. The van der Waals surface area contributed by atoms with Gasteiger partial charge in [0.2, 0.25) is 65.0 Å². The van der Waals surface area contributed by atoms with Gasteiger partial charge in [-0.25, -0.2) is 0 Å². The van der Waals surface area contributed by atoms with E-state index in [0.717, 1.165) is 46.8 Å². The van der Waals surface area contributed by atoms with E-state index in [1.54, 1.807) is 27.7 Å². The Balaban J connectivity index is 1.79. The summed E-state index contributed by atoms with van der Waals surface area (Å²) in [5.41, 5.74) is -1.74. The van der Waals surface area contributed by atoms with Gasteiger partial charge in [-0.2, -0.15) is 13.2 Å². The number of carbonyl (C=O) groups is 11. The molecule has 4 rings (SSSR count). The molecule has 4 aliphatic rings. The molecule has 26 heteroatoms. The topological polar surface area (TPSA) is 259 Å². The van der Waals surface area contributed by atoms with Crippen molar-refractivity contribution in [2.75, 3.05) is 68.5 Å². The lowest BCUT2D eigenvalue weighted by atomic mass is 9.78. The number of halogens is 4. The highest BCUT2D eigenvalue weighted by atomic mass is 35.5. The van der Waals surface area contributed by atoms with Gasteiger partial charge in [-0.1, -0.05) is 86.1 Å². The molecule has 4 N–H and O–H groups in total. The van der Waals surface area contributed by atoms with E-state index >= 15 is 0 Å². The minimum absolute atomic E-state index is 0.000492. The third-order valence-electron chi connectivity index (χ3n) is 18.9. The van der Waals surface area contributed by atoms with Crippen molar-refractivity contribution in [3.8, 4) is 0 Å². The second-order valence-electron chi connectivity index (χ2n) is 27.2. The summed E-state index contributed by atoms with van der Waals surface area (Å²) in [6, 6.07) is -7.79. The maximum atomic E-state index is 15.0. The maximum Gasteiger partial charge on any atom is 0.393 e. The normalized spacial score (nSPS) is 30.1. The van der Waals surface area contributed by atoms with Crippen molar-refractivity contribution >= 4 is 76.6 Å². The standard InChI is InChI=1S/C64H105ClF3N11O11/c1-16-29-63(9)62(90)78(15)55(39(5)6)58(86)69-41(8)32-51(81)76(13)48(31-38(3)4)56(84)71-54(40(7)17-2)61(89)75(12)36-52(82)73(10)37-53(83)77(14)49(34-42-22-19-18-20-23-42)60(88)74(11)35-50(80)70-46(59(87)79-30-21-24-47(79)57(85)72-63)28-26-43-25-27-44(45(65)33-43)64(66,67)68/h16,38-49,54-55H,1,17-37H2,2-15H3,(H,69,86)(H,70,80)(H,71,84)(H,72,85)/t40-,41+,43?,44?,45?,46-,47-,48-,49-,54-,55-,63+/m0/s1. The van der Waals surface area contributed by atoms with Gasteiger partial charge in [0, 0.05) is 66.7 Å². The summed E-state index contributed by atoms with van der Waals surface area (Å²) in [7, 11) is 8.50. The van der Waals surface area contributed by atoms with Gasteiger partial charge in [0.05, 0.1) is 25.6 Å². The summed E-state index contributed by atoms with van der Waals surface area (Å²) >= 11 is 6.34. The third kappa shape index (κ3) is 20.8. The van der Waals surface area contributed by atoms with Crippen LogP contribution < -0.4 is 21.3 Å². The summed E-state index contributed by atoms with van der Waals surface area (Å²) in [5.74, 6) is -10.1. The zero-order valence-electron chi connectivity index (χ0n) is 55.8. The van der Waals surface area contributed by atoms with E-state index in [-0.39, 0.29) is 88.5 Å². The Labute approximate surface area is 536 Å². The maximum absolute atomic E-state index is 15.0. The molecule has 2 saturated carbocycles. The lowest BCUT2D eigenvalue weighted by Crippen LogP contribution is -2.64. The summed E-state index contributed by atoms with van der Waals surface area (Å²) < 4.78 is 41.7. The van der Waals surface area contributed by atoms with Crippen molar-refractivity contribution in [2.45, 2.75) is 224 Å². The van der Waals surface area contributed by atoms with E-state index in [9.17, 15) is 65.9 Å². The molecule has 90 heavy (non-hydrogen) atoms. The Morgan fingerprint density at radius 3 is 1.86 bits per heavy atom. The molecule has 22 nitrogen and oxygen atoms in total. The first-order valence-electron chi connectivity index (χ1n) is 32.3. The van der Waals surface area contributed by atoms with Crippen LogP contribution in [0.25, 0.3) is 0 Å². The number of hydrogen-bond donors (Lipinski definition) is 4. The fraction of sp³-hybridized carbons (Fsp3) is 0.797. The van der Waals surface area contributed by atoms with Crippen molar-refractivity contribution in [2.24, 2.45) is 35.5 Å². The molecule has 510 valence electrons. The molecule has 2 heterocycles. The molecule has 0 aromatic rings. The lowest BCUT2D eigenvalue weighted by molar-refractivity contribution is -0.182. The third-order valence-corrected chi connectivity index (χ3v) is 19.4. The van der Waals surface area contributed by atoms with Gasteiger partial charge in [-0.15, -0.1) is 18.2 Å². The van der Waals surface area contributed by atoms with Crippen LogP contribution in [0.2, 0.25) is 0 Å². The highest BCUT2D eigenvalue weighted by molar-refractivity contribution is 6.20. The molecule has 11 amide bonds. The summed E-state index contributed by atoms with van der Waals surface area (Å²) in [6.45, 7) is 16.2. The molecule has 3 unspecified atom stereocenters. The molecule has 0 spiro atoms. The van der Waals surface area contributed by atoms with Crippen LogP contribution in [0.1, 0.15) is 165 Å². The molecule has 4 fully saturated rings. The number of nitrogens with zero attached hydrogens (tertiary/aromatic N) is 7. The lowest BCUT2D eigenvalue weighted by Gasteiger charge is -2.39. The smallest absolute Gasteiger partial charge is 0.351 e. The van der Waals surface area contributed by atoms with Crippen LogP contribution in [0.15, 0.2) is 12.7 Å². The quantitative estimate of drug-likeness (QED) is 0.145. The second kappa shape index (κ2) is 34.1. The number of hydrogen-bond acceptors (Lipinski definition) is 11. The first-order valence-corrected chi connectivity index (χ1v) is 32.8. The van der Waals surface area contributed by atoms with Crippen LogP contribution in [-0.2, 0) is 52.7 Å². The van der Waals surface area contributed by atoms with Crippen LogP contribution in [0.5, 0.6) is 0 Å². The number of fused-ring (bicyclic) bond motifs is 1. The Morgan fingerprint density at radius 1 is 0.667 bits per heavy atom. The van der Waals surface area contributed by atoms with Gasteiger partial charge in [-0.05, 0) is 108 Å². The molecular weight excluding hydrogens is 1190 g/mol. The molecule has 0 radical (unpaired) electrons. The van der Waals surface area contributed by atoms with Crippen LogP contribution in [-0.4, -0.2) is 227 Å². The molecule has 2 saturated heterocycles. The van der Waals surface area contributed by atoms with E-state index in [4.69, 9.17) is 11.6 Å². The predicted octanol–water partition coefficient (Wildman–Crippen LogP) is 5.25. The highest BCUT2D eigenvalue weighted by Crippen LogP contribution is 2.44. The average molecular weight is 1300 g/mol. The summed E-state index contributed by atoms with van der Waals surface area (Å²) in [5, 5.41) is 10.2. The van der Waals surface area contributed by atoms with E-state index < -0.39 is 162 Å². The van der Waals surface area contributed by atoms with Crippen LogP contribution in [0, 0.1) is 35.5 Å². The molecule has 2 aliphatic heterocycles. The van der Waals surface area contributed by atoms with E-state index in [0.29, 0.717) is 12.8 Å². The number of rotatable bonds is 12. The highest BCUT2D eigenvalue weighted by Gasteiger charge is 2.49. The zero-order valence-corrected chi connectivity index (χ0v) is 56.6. The fourth-order valence-corrected chi connectivity index (χ4v) is 13.7. The van der Waals surface area contributed by atoms with Gasteiger partial charge in [-0.3, -0.25) is 52.7 Å². The average Bonchev–Trinajstić information content (AvgIpc) is 1.30. The van der Waals surface area contributed by atoms with Gasteiger partial charge in [0.15, 0.2) is 0 Å². The SMILES string of the molecule is C=CC[C@@]1(C)NC(=O)[C@@H]2CCCN2C(=O)[C@H](CCC2CCC(C(F)(F)F)C(Cl)C2)NC(=O)CN(C)C(=O)[C@H](CC2CCCCC2)N(C)C(=O)CN(C)C(=O)CN(C)C(=O)[C@H]([C@@H](C)CC)NC(=O)[C@H](CC(C)C)N(C)C(=O)C[C@@H](C)NC(=O)[C@H](C(C)C)N(C)C1=O. The zero-order chi connectivity index (χ0) is 67.9. The van der Waals surface area contributed by atoms with Crippen molar-refractivity contribution in [3.63, 3.8) is 0 Å². The van der Waals surface area contributed by atoms with Crippen LogP contribution in [0.3, 0.4) is 0 Å². The molecular formula is C64H105ClF3N11O11. The molecule has 0 aromatic heterocycles. The van der Waals surface area contributed by atoms with Gasteiger partial charge in [0.1, 0.15) is 41.8 Å². The summed E-state index contributed by atoms with van der Waals surface area (Å²) in [4.78, 5) is 168. The number of nitrogens with one attached hydrogen (secondary N) is 4.